The molecule has 0 atom stereocenters. The summed E-state index contributed by atoms with van der Waals surface area (Å²) < 4.78 is 22.8. The van der Waals surface area contributed by atoms with E-state index in [1.807, 2.05) is 6.92 Å². The van der Waals surface area contributed by atoms with Gasteiger partial charge in [-0.1, -0.05) is 6.92 Å². The Hall–Kier alpha value is -2.59. The van der Waals surface area contributed by atoms with Crippen molar-refractivity contribution in [3.8, 4) is 17.5 Å². The number of fused-ring (bicyclic) bond motifs is 1. The SMILES string of the molecule is CCc1c(OC)cc(F)c(C)c1-n1c(N)c(C#N)c2cnc(C3CC3)c(Br)c21. The van der Waals surface area contributed by atoms with Gasteiger partial charge < -0.3 is 10.5 Å². The Balaban J connectivity index is 2.19. The molecule has 28 heavy (non-hydrogen) atoms. The van der Waals surface area contributed by atoms with Gasteiger partial charge in [-0.2, -0.15) is 5.26 Å². The highest BCUT2D eigenvalue weighted by molar-refractivity contribution is 9.10. The van der Waals surface area contributed by atoms with Gasteiger partial charge in [-0.15, -0.1) is 0 Å². The molecule has 0 unspecified atom stereocenters. The summed E-state index contributed by atoms with van der Waals surface area (Å²) >= 11 is 3.70. The number of hydrogen-bond acceptors (Lipinski definition) is 4. The molecule has 1 saturated carbocycles. The van der Waals surface area contributed by atoms with Crippen LogP contribution in [0.3, 0.4) is 0 Å². The second-order valence-corrected chi connectivity index (χ2v) is 7.86. The number of pyridine rings is 1. The van der Waals surface area contributed by atoms with Gasteiger partial charge in [0.05, 0.1) is 28.5 Å². The van der Waals surface area contributed by atoms with Gasteiger partial charge in [0.25, 0.3) is 0 Å². The molecular weight excluding hydrogens is 423 g/mol. The highest BCUT2D eigenvalue weighted by Crippen LogP contribution is 2.46. The Bertz CT molecular complexity index is 1160. The number of nitrogens with zero attached hydrogens (tertiary/aromatic N) is 3. The molecule has 7 heteroatoms. The van der Waals surface area contributed by atoms with E-state index in [9.17, 15) is 9.65 Å². The van der Waals surface area contributed by atoms with E-state index in [-0.39, 0.29) is 11.6 Å². The number of nitrogens with two attached hydrogens (primary N) is 1. The Kier molecular flexibility index (Phi) is 4.54. The smallest absolute Gasteiger partial charge is 0.131 e. The average Bonchev–Trinajstić information content (AvgIpc) is 3.48. The monoisotopic (exact) mass is 442 g/mol. The van der Waals surface area contributed by atoms with Crippen LogP contribution in [0, 0.1) is 24.1 Å². The number of nitriles is 1. The van der Waals surface area contributed by atoms with Gasteiger partial charge in [-0.25, -0.2) is 4.39 Å². The summed E-state index contributed by atoms with van der Waals surface area (Å²) in [7, 11) is 1.52. The predicted molar refractivity (Wildman–Crippen MR) is 110 cm³/mol. The van der Waals surface area contributed by atoms with Crippen molar-refractivity contribution in [3.63, 3.8) is 0 Å². The lowest BCUT2D eigenvalue weighted by atomic mass is 10.0. The number of nitrogen functional groups attached to an aromatic ring is 1. The van der Waals surface area contributed by atoms with Crippen LogP contribution in [0.5, 0.6) is 5.75 Å². The molecule has 2 aromatic heterocycles. The molecule has 0 bridgehead atoms. The number of anilines is 1. The fourth-order valence-electron chi connectivity index (χ4n) is 3.85. The van der Waals surface area contributed by atoms with E-state index < -0.39 is 0 Å². The fraction of sp³-hybridized carbons (Fsp3) is 0.333. The molecule has 1 fully saturated rings. The van der Waals surface area contributed by atoms with Crippen LogP contribution in [-0.4, -0.2) is 16.7 Å². The molecule has 4 rings (SSSR count). The van der Waals surface area contributed by atoms with E-state index in [1.54, 1.807) is 17.7 Å². The Morgan fingerprint density at radius 1 is 1.46 bits per heavy atom. The minimum absolute atomic E-state index is 0.276. The van der Waals surface area contributed by atoms with E-state index in [0.29, 0.717) is 40.3 Å². The predicted octanol–water partition coefficient (Wildman–Crippen LogP) is 5.14. The van der Waals surface area contributed by atoms with Crippen LogP contribution in [0.25, 0.3) is 16.6 Å². The zero-order valence-electron chi connectivity index (χ0n) is 15.9. The van der Waals surface area contributed by atoms with Gasteiger partial charge >= 0.3 is 0 Å². The normalized spacial score (nSPS) is 13.7. The summed E-state index contributed by atoms with van der Waals surface area (Å²) in [5.74, 6) is 0.769. The van der Waals surface area contributed by atoms with Crippen LogP contribution in [0.15, 0.2) is 16.7 Å². The number of methoxy groups -OCH3 is 1. The summed E-state index contributed by atoms with van der Waals surface area (Å²) in [6.07, 6.45) is 4.51. The molecule has 0 amide bonds. The van der Waals surface area contributed by atoms with Crippen molar-refractivity contribution in [2.75, 3.05) is 12.8 Å². The number of ether oxygens (including phenoxy) is 1. The van der Waals surface area contributed by atoms with Gasteiger partial charge in [-0.3, -0.25) is 9.55 Å². The number of rotatable bonds is 4. The van der Waals surface area contributed by atoms with Gasteiger partial charge in [0.2, 0.25) is 0 Å². The number of hydrogen-bond donors (Lipinski definition) is 1. The molecule has 0 aliphatic heterocycles. The number of benzene rings is 1. The molecule has 2 heterocycles. The molecule has 1 aromatic carbocycles. The fourth-order valence-corrected chi connectivity index (χ4v) is 4.66. The van der Waals surface area contributed by atoms with Crippen molar-refractivity contribution < 1.29 is 9.13 Å². The lowest BCUT2D eigenvalue weighted by Crippen LogP contribution is -2.09. The Morgan fingerprint density at radius 2 is 2.18 bits per heavy atom. The third kappa shape index (κ3) is 2.59. The number of aromatic nitrogens is 2. The van der Waals surface area contributed by atoms with Crippen molar-refractivity contribution >= 4 is 32.7 Å². The zero-order chi connectivity index (χ0) is 20.2. The van der Waals surface area contributed by atoms with Gasteiger partial charge in [0, 0.05) is 34.7 Å². The molecule has 2 N–H and O–H groups in total. The van der Waals surface area contributed by atoms with Gasteiger partial charge in [0.15, 0.2) is 0 Å². The third-order valence-electron chi connectivity index (χ3n) is 5.44. The molecule has 0 saturated heterocycles. The summed E-state index contributed by atoms with van der Waals surface area (Å²) in [5, 5.41) is 10.4. The maximum Gasteiger partial charge on any atom is 0.131 e. The lowest BCUT2D eigenvalue weighted by molar-refractivity contribution is 0.406. The van der Waals surface area contributed by atoms with Gasteiger partial charge in [0.1, 0.15) is 29.0 Å². The zero-order valence-corrected chi connectivity index (χ0v) is 17.5. The molecule has 0 spiro atoms. The van der Waals surface area contributed by atoms with Crippen molar-refractivity contribution in [2.24, 2.45) is 0 Å². The molecule has 5 nitrogen and oxygen atoms in total. The highest BCUT2D eigenvalue weighted by atomic mass is 79.9. The van der Waals surface area contributed by atoms with E-state index in [1.165, 1.54) is 13.2 Å². The summed E-state index contributed by atoms with van der Waals surface area (Å²) in [5.41, 5.74) is 10.4. The standard InChI is InChI=1S/C21H20BrFN4O/c1-4-12-16(28-3)7-15(23)10(2)19(12)27-20-14(13(8-24)21(27)25)9-26-18(17(20)22)11-5-6-11/h7,9,11H,4-6,25H2,1-3H3. The largest absolute Gasteiger partial charge is 0.496 e. The molecule has 3 aromatic rings. The topological polar surface area (TPSA) is 76.9 Å². The molecule has 0 radical (unpaired) electrons. The third-order valence-corrected chi connectivity index (χ3v) is 6.22. The van der Waals surface area contributed by atoms with Crippen molar-refractivity contribution in [3.05, 3.63) is 44.9 Å². The summed E-state index contributed by atoms with van der Waals surface area (Å²) in [6.45, 7) is 3.70. The molecular formula is C21H20BrFN4O. The van der Waals surface area contributed by atoms with E-state index in [0.717, 1.165) is 34.1 Å². The van der Waals surface area contributed by atoms with Crippen LogP contribution in [-0.2, 0) is 6.42 Å². The lowest BCUT2D eigenvalue weighted by Gasteiger charge is -2.20. The van der Waals surface area contributed by atoms with Crippen molar-refractivity contribution in [1.82, 2.24) is 9.55 Å². The van der Waals surface area contributed by atoms with Crippen LogP contribution in [0.2, 0.25) is 0 Å². The maximum atomic E-state index is 14.7. The van der Waals surface area contributed by atoms with Crippen LogP contribution < -0.4 is 10.5 Å². The second-order valence-electron chi connectivity index (χ2n) is 7.07. The molecule has 144 valence electrons. The first-order valence-corrected chi connectivity index (χ1v) is 9.98. The maximum absolute atomic E-state index is 14.7. The minimum Gasteiger partial charge on any atom is -0.496 e. The Morgan fingerprint density at radius 3 is 2.75 bits per heavy atom. The quantitative estimate of drug-likeness (QED) is 0.606. The summed E-state index contributed by atoms with van der Waals surface area (Å²) in [6, 6.07) is 3.59. The molecule has 1 aliphatic rings. The first kappa shape index (κ1) is 18.8. The highest BCUT2D eigenvalue weighted by Gasteiger charge is 2.31. The first-order valence-electron chi connectivity index (χ1n) is 9.19. The second kappa shape index (κ2) is 6.78. The van der Waals surface area contributed by atoms with Crippen LogP contribution in [0.1, 0.15) is 48.1 Å². The van der Waals surface area contributed by atoms with Gasteiger partial charge in [-0.05, 0) is 42.1 Å². The van der Waals surface area contributed by atoms with E-state index in [4.69, 9.17) is 10.5 Å². The first-order chi connectivity index (χ1) is 13.4. The van der Waals surface area contributed by atoms with Crippen molar-refractivity contribution in [2.45, 2.75) is 39.0 Å². The molecule has 1 aliphatic carbocycles. The average molecular weight is 443 g/mol. The van der Waals surface area contributed by atoms with Crippen LogP contribution in [0.4, 0.5) is 10.2 Å². The Labute approximate surface area is 171 Å². The number of halogens is 2. The summed E-state index contributed by atoms with van der Waals surface area (Å²) in [4.78, 5) is 4.58. The minimum atomic E-state index is -0.378. The van der Waals surface area contributed by atoms with E-state index >= 15 is 0 Å². The van der Waals surface area contributed by atoms with Crippen LogP contribution >= 0.6 is 15.9 Å². The van der Waals surface area contributed by atoms with Crippen molar-refractivity contribution in [1.29, 1.82) is 5.26 Å². The van der Waals surface area contributed by atoms with E-state index in [2.05, 4.69) is 27.0 Å².